The second-order valence-electron chi connectivity index (χ2n) is 4.20. The SMILES string of the molecule is C=C(Cl)CSc1nc2cc(S(=O)(=O)N(C)C)ccc2o1. The zero-order chi connectivity index (χ0) is 14.9. The quantitative estimate of drug-likeness (QED) is 0.788. The summed E-state index contributed by atoms with van der Waals surface area (Å²) in [7, 11) is -0.512. The summed E-state index contributed by atoms with van der Waals surface area (Å²) in [5.74, 6) is 0.483. The van der Waals surface area contributed by atoms with Crippen molar-refractivity contribution in [2.24, 2.45) is 0 Å². The second-order valence-corrected chi connectivity index (χ2v) is 7.82. The molecule has 0 saturated heterocycles. The molecule has 0 aliphatic carbocycles. The number of hydrogen-bond acceptors (Lipinski definition) is 5. The van der Waals surface area contributed by atoms with E-state index in [-0.39, 0.29) is 4.90 Å². The van der Waals surface area contributed by atoms with E-state index in [1.54, 1.807) is 6.07 Å². The van der Waals surface area contributed by atoms with Crippen molar-refractivity contribution in [3.8, 4) is 0 Å². The lowest BCUT2D eigenvalue weighted by Gasteiger charge is -2.10. The van der Waals surface area contributed by atoms with E-state index in [9.17, 15) is 8.42 Å². The molecule has 2 rings (SSSR count). The molecule has 8 heteroatoms. The first-order valence-electron chi connectivity index (χ1n) is 5.60. The van der Waals surface area contributed by atoms with Crippen LogP contribution in [-0.2, 0) is 10.0 Å². The van der Waals surface area contributed by atoms with Crippen LogP contribution in [0.1, 0.15) is 0 Å². The average Bonchev–Trinajstić information content (AvgIpc) is 2.77. The largest absolute Gasteiger partial charge is 0.431 e. The first-order valence-corrected chi connectivity index (χ1v) is 8.40. The molecule has 0 bridgehead atoms. The Kier molecular flexibility index (Phi) is 4.43. The van der Waals surface area contributed by atoms with Gasteiger partial charge in [-0.05, 0) is 18.2 Å². The van der Waals surface area contributed by atoms with Gasteiger partial charge >= 0.3 is 0 Å². The van der Waals surface area contributed by atoms with E-state index in [0.717, 1.165) is 4.31 Å². The summed E-state index contributed by atoms with van der Waals surface area (Å²) in [5, 5.41) is 0.925. The molecule has 0 aliphatic heterocycles. The number of fused-ring (bicyclic) bond motifs is 1. The number of rotatable bonds is 5. The molecule has 108 valence electrons. The number of halogens is 1. The Morgan fingerprint density at radius 2 is 2.20 bits per heavy atom. The summed E-state index contributed by atoms with van der Waals surface area (Å²) >= 11 is 6.98. The summed E-state index contributed by atoms with van der Waals surface area (Å²) in [5.41, 5.74) is 1.03. The van der Waals surface area contributed by atoms with Gasteiger partial charge in [0.15, 0.2) is 5.58 Å². The molecule has 0 amide bonds. The van der Waals surface area contributed by atoms with E-state index >= 15 is 0 Å². The van der Waals surface area contributed by atoms with Gasteiger partial charge in [-0.2, -0.15) is 0 Å². The van der Waals surface area contributed by atoms with Crippen LogP contribution in [-0.4, -0.2) is 37.6 Å². The van der Waals surface area contributed by atoms with E-state index < -0.39 is 10.0 Å². The second kappa shape index (κ2) is 5.77. The van der Waals surface area contributed by atoms with E-state index in [1.807, 2.05) is 0 Å². The van der Waals surface area contributed by atoms with Gasteiger partial charge in [0.25, 0.3) is 5.22 Å². The molecule has 5 nitrogen and oxygen atoms in total. The van der Waals surface area contributed by atoms with Crippen LogP contribution in [0.25, 0.3) is 11.1 Å². The van der Waals surface area contributed by atoms with E-state index in [1.165, 1.54) is 38.0 Å². The van der Waals surface area contributed by atoms with Gasteiger partial charge in [-0.3, -0.25) is 0 Å². The summed E-state index contributed by atoms with van der Waals surface area (Å²) in [4.78, 5) is 4.41. The molecule has 0 fully saturated rings. The van der Waals surface area contributed by atoms with Gasteiger partial charge in [0, 0.05) is 24.9 Å². The minimum atomic E-state index is -3.48. The summed E-state index contributed by atoms with van der Waals surface area (Å²) in [6.07, 6.45) is 0. The Balaban J connectivity index is 2.38. The molecule has 1 aromatic heterocycles. The summed E-state index contributed by atoms with van der Waals surface area (Å²) in [6.45, 7) is 3.58. The number of benzene rings is 1. The molecular formula is C12H13ClN2O3S2. The molecule has 2 aromatic rings. The van der Waals surface area contributed by atoms with Crippen molar-refractivity contribution in [3.63, 3.8) is 0 Å². The highest BCUT2D eigenvalue weighted by atomic mass is 35.5. The number of nitrogens with zero attached hydrogens (tertiary/aromatic N) is 2. The summed E-state index contributed by atoms with van der Waals surface area (Å²) in [6, 6.07) is 4.59. The standard InChI is InChI=1S/C12H13ClN2O3S2/c1-8(13)7-19-12-14-10-6-9(4-5-11(10)18-12)20(16,17)15(2)3/h4-6H,1,7H2,2-3H3. The maximum atomic E-state index is 12.0. The first-order chi connectivity index (χ1) is 9.30. The predicted octanol–water partition coefficient (Wildman–Crippen LogP) is 2.92. The van der Waals surface area contributed by atoms with Gasteiger partial charge in [-0.1, -0.05) is 29.9 Å². The predicted molar refractivity (Wildman–Crippen MR) is 80.6 cm³/mol. The molecule has 1 heterocycles. The molecule has 0 atom stereocenters. The molecular weight excluding hydrogens is 320 g/mol. The van der Waals surface area contributed by atoms with Gasteiger partial charge < -0.3 is 4.42 Å². The van der Waals surface area contributed by atoms with E-state index in [0.29, 0.717) is 27.1 Å². The zero-order valence-electron chi connectivity index (χ0n) is 11.0. The minimum absolute atomic E-state index is 0.182. The van der Waals surface area contributed by atoms with Gasteiger partial charge in [0.1, 0.15) is 5.52 Å². The fourth-order valence-electron chi connectivity index (χ4n) is 1.46. The third-order valence-corrected chi connectivity index (χ3v) is 5.49. The van der Waals surface area contributed by atoms with Crippen molar-refractivity contribution < 1.29 is 12.8 Å². The minimum Gasteiger partial charge on any atom is -0.431 e. The van der Waals surface area contributed by atoms with Crippen molar-refractivity contribution in [1.29, 1.82) is 0 Å². The Bertz CT molecular complexity index is 753. The van der Waals surface area contributed by atoms with Crippen LogP contribution in [0.4, 0.5) is 0 Å². The third-order valence-electron chi connectivity index (χ3n) is 2.47. The Labute approximate surface area is 126 Å². The fourth-order valence-corrected chi connectivity index (χ4v) is 3.14. The van der Waals surface area contributed by atoms with Crippen LogP contribution in [0, 0.1) is 0 Å². The molecule has 0 unspecified atom stereocenters. The average molecular weight is 333 g/mol. The van der Waals surface area contributed by atoms with Crippen LogP contribution in [0.2, 0.25) is 0 Å². The van der Waals surface area contributed by atoms with Crippen LogP contribution >= 0.6 is 23.4 Å². The molecule has 0 radical (unpaired) electrons. The molecule has 0 N–H and O–H groups in total. The molecule has 20 heavy (non-hydrogen) atoms. The van der Waals surface area contributed by atoms with Crippen molar-refractivity contribution in [2.45, 2.75) is 10.1 Å². The van der Waals surface area contributed by atoms with Crippen molar-refractivity contribution in [3.05, 3.63) is 29.8 Å². The lowest BCUT2D eigenvalue weighted by molar-refractivity contribution is 0.490. The van der Waals surface area contributed by atoms with Crippen molar-refractivity contribution in [1.82, 2.24) is 9.29 Å². The fraction of sp³-hybridized carbons (Fsp3) is 0.250. The van der Waals surface area contributed by atoms with Crippen molar-refractivity contribution in [2.75, 3.05) is 19.8 Å². The normalized spacial score (nSPS) is 12.2. The van der Waals surface area contributed by atoms with Crippen molar-refractivity contribution >= 4 is 44.5 Å². The Morgan fingerprint density at radius 1 is 1.50 bits per heavy atom. The molecule has 0 saturated carbocycles. The number of sulfonamides is 1. The van der Waals surface area contributed by atoms with Crippen LogP contribution in [0.5, 0.6) is 0 Å². The lowest BCUT2D eigenvalue weighted by atomic mass is 10.3. The molecule has 1 aromatic carbocycles. The highest BCUT2D eigenvalue weighted by Gasteiger charge is 2.18. The maximum absolute atomic E-state index is 12.0. The lowest BCUT2D eigenvalue weighted by Crippen LogP contribution is -2.22. The van der Waals surface area contributed by atoms with Gasteiger partial charge in [0.05, 0.1) is 4.90 Å². The topological polar surface area (TPSA) is 63.4 Å². The van der Waals surface area contributed by atoms with Gasteiger partial charge in [0.2, 0.25) is 10.0 Å². The summed E-state index contributed by atoms with van der Waals surface area (Å²) < 4.78 is 30.7. The van der Waals surface area contributed by atoms with E-state index in [4.69, 9.17) is 16.0 Å². The Hall–Kier alpha value is -1.02. The third kappa shape index (κ3) is 3.17. The Morgan fingerprint density at radius 3 is 2.80 bits per heavy atom. The maximum Gasteiger partial charge on any atom is 0.257 e. The monoisotopic (exact) mass is 332 g/mol. The number of hydrogen-bond donors (Lipinski definition) is 0. The first kappa shape index (κ1) is 15.4. The number of thioether (sulfide) groups is 1. The van der Waals surface area contributed by atoms with Gasteiger partial charge in [-0.25, -0.2) is 17.7 Å². The van der Waals surface area contributed by atoms with Crippen LogP contribution in [0.15, 0.2) is 44.3 Å². The molecule has 0 aliphatic rings. The smallest absolute Gasteiger partial charge is 0.257 e. The van der Waals surface area contributed by atoms with E-state index in [2.05, 4.69) is 11.6 Å². The highest BCUT2D eigenvalue weighted by molar-refractivity contribution is 7.99. The zero-order valence-corrected chi connectivity index (χ0v) is 13.3. The number of aromatic nitrogens is 1. The highest BCUT2D eigenvalue weighted by Crippen LogP contribution is 2.27. The van der Waals surface area contributed by atoms with Gasteiger partial charge in [-0.15, -0.1) is 0 Å². The molecule has 0 spiro atoms. The van der Waals surface area contributed by atoms with Crippen LogP contribution < -0.4 is 0 Å². The number of oxazole rings is 1. The van der Waals surface area contributed by atoms with Crippen LogP contribution in [0.3, 0.4) is 0 Å².